The van der Waals surface area contributed by atoms with Gasteiger partial charge in [-0.25, -0.2) is 4.79 Å². The molecule has 3 aromatic rings. The SMILES string of the molecule is COC(=O)c1ccc(-c2ccc3ncc(C(=O)C4CC4)c(CC4CCCC(CN(C)C)CC4)c3c2)cc1. The van der Waals surface area contributed by atoms with E-state index in [-0.39, 0.29) is 17.7 Å². The van der Waals surface area contributed by atoms with E-state index < -0.39 is 0 Å². The van der Waals surface area contributed by atoms with Crippen LogP contribution in [0.5, 0.6) is 0 Å². The number of ketones is 1. The number of rotatable bonds is 8. The maximum atomic E-state index is 13.3. The van der Waals surface area contributed by atoms with Crippen molar-refractivity contribution in [2.24, 2.45) is 17.8 Å². The average Bonchev–Trinajstić information content (AvgIpc) is 3.77. The summed E-state index contributed by atoms with van der Waals surface area (Å²) >= 11 is 0. The smallest absolute Gasteiger partial charge is 0.337 e. The fraction of sp³-hybridized carbons (Fsp3) is 0.469. The van der Waals surface area contributed by atoms with E-state index in [1.807, 2.05) is 18.3 Å². The lowest BCUT2D eigenvalue weighted by Crippen LogP contribution is -2.21. The third-order valence-electron chi connectivity index (χ3n) is 8.16. The van der Waals surface area contributed by atoms with Crippen LogP contribution in [0.3, 0.4) is 0 Å². The molecule has 0 radical (unpaired) electrons. The molecule has 0 N–H and O–H groups in total. The lowest BCUT2D eigenvalue weighted by atomic mass is 9.86. The van der Waals surface area contributed by atoms with Crippen LogP contribution in [0, 0.1) is 17.8 Å². The number of carbonyl (C=O) groups is 2. The van der Waals surface area contributed by atoms with E-state index in [4.69, 9.17) is 9.72 Å². The van der Waals surface area contributed by atoms with Gasteiger partial charge in [0.05, 0.1) is 18.2 Å². The standard InChI is InChI=1S/C32H38N2O3/c1-34(2)20-22-6-4-5-21(7-8-22)17-27-28-18-26(23-9-13-25(14-10-23)32(36)37-3)15-16-30(28)33-19-29(27)31(35)24-11-12-24/h9-10,13-16,18-19,21-22,24H,4-8,11-12,17,20H2,1-3H3. The minimum atomic E-state index is -0.337. The average molecular weight is 499 g/mol. The molecule has 5 nitrogen and oxygen atoms in total. The molecule has 5 heteroatoms. The van der Waals surface area contributed by atoms with Gasteiger partial charge in [0.1, 0.15) is 0 Å². The molecular weight excluding hydrogens is 460 g/mol. The molecule has 0 bridgehead atoms. The highest BCUT2D eigenvalue weighted by Crippen LogP contribution is 2.38. The van der Waals surface area contributed by atoms with Gasteiger partial charge >= 0.3 is 5.97 Å². The van der Waals surface area contributed by atoms with E-state index in [0.717, 1.165) is 59.3 Å². The Morgan fingerprint density at radius 3 is 2.32 bits per heavy atom. The first-order chi connectivity index (χ1) is 17.9. The predicted molar refractivity (Wildman–Crippen MR) is 148 cm³/mol. The lowest BCUT2D eigenvalue weighted by Gasteiger charge is -2.20. The number of benzene rings is 2. The van der Waals surface area contributed by atoms with Crippen LogP contribution in [-0.2, 0) is 11.2 Å². The van der Waals surface area contributed by atoms with Crippen molar-refractivity contribution >= 4 is 22.7 Å². The van der Waals surface area contributed by atoms with Crippen LogP contribution in [-0.4, -0.2) is 49.4 Å². The molecule has 0 amide bonds. The molecular formula is C32H38N2O3. The van der Waals surface area contributed by atoms with Crippen molar-refractivity contribution in [2.75, 3.05) is 27.7 Å². The first kappa shape index (κ1) is 25.6. The zero-order valence-corrected chi connectivity index (χ0v) is 22.3. The van der Waals surface area contributed by atoms with Gasteiger partial charge in [0.25, 0.3) is 0 Å². The Balaban J connectivity index is 1.49. The van der Waals surface area contributed by atoms with Crippen molar-refractivity contribution in [2.45, 2.75) is 51.4 Å². The van der Waals surface area contributed by atoms with Gasteiger partial charge in [-0.15, -0.1) is 0 Å². The monoisotopic (exact) mass is 498 g/mol. The topological polar surface area (TPSA) is 59.5 Å². The maximum absolute atomic E-state index is 13.3. The minimum absolute atomic E-state index is 0.172. The van der Waals surface area contributed by atoms with Crippen molar-refractivity contribution < 1.29 is 14.3 Å². The molecule has 0 saturated heterocycles. The number of nitrogens with zero attached hydrogens (tertiary/aromatic N) is 2. The van der Waals surface area contributed by atoms with Crippen molar-refractivity contribution in [3.05, 3.63) is 65.4 Å². The van der Waals surface area contributed by atoms with Gasteiger partial charge in [0.2, 0.25) is 0 Å². The van der Waals surface area contributed by atoms with Crippen LogP contribution in [0.25, 0.3) is 22.0 Å². The quantitative estimate of drug-likeness (QED) is 0.199. The zero-order valence-electron chi connectivity index (χ0n) is 22.3. The molecule has 2 aliphatic rings. The van der Waals surface area contributed by atoms with Gasteiger partial charge in [0.15, 0.2) is 5.78 Å². The summed E-state index contributed by atoms with van der Waals surface area (Å²) in [6, 6.07) is 13.8. The Kier molecular flexibility index (Phi) is 7.71. The Morgan fingerprint density at radius 1 is 0.919 bits per heavy atom. The molecule has 5 rings (SSSR count). The van der Waals surface area contributed by atoms with Gasteiger partial charge in [-0.3, -0.25) is 9.78 Å². The van der Waals surface area contributed by atoms with Crippen LogP contribution in [0.15, 0.2) is 48.7 Å². The summed E-state index contributed by atoms with van der Waals surface area (Å²) in [7, 11) is 5.73. The van der Waals surface area contributed by atoms with E-state index in [0.29, 0.717) is 11.5 Å². The number of pyridine rings is 1. The summed E-state index contributed by atoms with van der Waals surface area (Å²) in [5.41, 5.74) is 5.59. The number of hydrogen-bond donors (Lipinski definition) is 0. The van der Waals surface area contributed by atoms with E-state index in [1.165, 1.54) is 44.8 Å². The number of hydrogen-bond acceptors (Lipinski definition) is 5. The summed E-state index contributed by atoms with van der Waals surface area (Å²) in [4.78, 5) is 32.3. The molecule has 194 valence electrons. The van der Waals surface area contributed by atoms with E-state index in [2.05, 4.69) is 37.2 Å². The number of Topliss-reactive ketones (excluding diaryl/α,β-unsaturated/α-hetero) is 1. The normalized spacial score (nSPS) is 20.1. The Hall–Kier alpha value is -3.05. The highest BCUT2D eigenvalue weighted by molar-refractivity contribution is 6.04. The number of esters is 1. The summed E-state index contributed by atoms with van der Waals surface area (Å²) in [5, 5.41) is 1.09. The molecule has 1 heterocycles. The van der Waals surface area contributed by atoms with E-state index in [9.17, 15) is 9.59 Å². The summed E-state index contributed by atoms with van der Waals surface area (Å²) < 4.78 is 4.84. The number of carbonyl (C=O) groups excluding carboxylic acids is 2. The first-order valence-corrected chi connectivity index (χ1v) is 13.7. The first-order valence-electron chi connectivity index (χ1n) is 13.7. The second-order valence-corrected chi connectivity index (χ2v) is 11.3. The van der Waals surface area contributed by atoms with Crippen LogP contribution < -0.4 is 0 Å². The van der Waals surface area contributed by atoms with Gasteiger partial charge in [-0.05, 0) is 105 Å². The molecule has 2 atom stereocenters. The second kappa shape index (κ2) is 11.1. The van der Waals surface area contributed by atoms with Crippen LogP contribution in [0.2, 0.25) is 0 Å². The molecule has 37 heavy (non-hydrogen) atoms. The number of aromatic nitrogens is 1. The fourth-order valence-electron chi connectivity index (χ4n) is 5.99. The van der Waals surface area contributed by atoms with E-state index >= 15 is 0 Å². The van der Waals surface area contributed by atoms with Gasteiger partial charge in [-0.1, -0.05) is 31.0 Å². The summed E-state index contributed by atoms with van der Waals surface area (Å²) in [6.45, 7) is 1.16. The lowest BCUT2D eigenvalue weighted by molar-refractivity contribution is 0.0600. The Labute approximate surface area is 220 Å². The minimum Gasteiger partial charge on any atom is -0.465 e. The van der Waals surface area contributed by atoms with Crippen molar-refractivity contribution in [3.63, 3.8) is 0 Å². The fourth-order valence-corrected chi connectivity index (χ4v) is 5.99. The Morgan fingerprint density at radius 2 is 1.62 bits per heavy atom. The molecule has 0 spiro atoms. The van der Waals surface area contributed by atoms with Gasteiger partial charge in [-0.2, -0.15) is 0 Å². The van der Waals surface area contributed by atoms with Crippen LogP contribution in [0.4, 0.5) is 0 Å². The second-order valence-electron chi connectivity index (χ2n) is 11.3. The van der Waals surface area contributed by atoms with Crippen molar-refractivity contribution in [1.82, 2.24) is 9.88 Å². The van der Waals surface area contributed by atoms with Gasteiger partial charge in [0, 0.05) is 29.6 Å². The molecule has 1 aromatic heterocycles. The zero-order chi connectivity index (χ0) is 25.9. The van der Waals surface area contributed by atoms with Crippen LogP contribution in [0.1, 0.15) is 71.2 Å². The largest absolute Gasteiger partial charge is 0.465 e. The predicted octanol–water partition coefficient (Wildman–Crippen LogP) is 6.58. The molecule has 0 aliphatic heterocycles. The number of methoxy groups -OCH3 is 1. The third-order valence-corrected chi connectivity index (χ3v) is 8.16. The maximum Gasteiger partial charge on any atom is 0.337 e. The summed E-state index contributed by atoms with van der Waals surface area (Å²) in [5.74, 6) is 1.46. The third kappa shape index (κ3) is 5.93. The molecule has 2 aliphatic carbocycles. The van der Waals surface area contributed by atoms with Crippen LogP contribution >= 0.6 is 0 Å². The molecule has 2 saturated carbocycles. The van der Waals surface area contributed by atoms with Crippen molar-refractivity contribution in [3.8, 4) is 11.1 Å². The summed E-state index contributed by atoms with van der Waals surface area (Å²) in [6.07, 6.45) is 11.0. The highest BCUT2D eigenvalue weighted by Gasteiger charge is 2.33. The Bertz CT molecular complexity index is 1280. The van der Waals surface area contributed by atoms with Crippen molar-refractivity contribution in [1.29, 1.82) is 0 Å². The number of fused-ring (bicyclic) bond motifs is 1. The van der Waals surface area contributed by atoms with E-state index in [1.54, 1.807) is 12.1 Å². The van der Waals surface area contributed by atoms with Gasteiger partial charge < -0.3 is 9.64 Å². The molecule has 2 unspecified atom stereocenters. The molecule has 2 aromatic carbocycles. The molecule has 2 fully saturated rings. The number of ether oxygens (including phenoxy) is 1. The highest BCUT2D eigenvalue weighted by atomic mass is 16.5.